The van der Waals surface area contributed by atoms with Crippen molar-refractivity contribution in [3.05, 3.63) is 60.2 Å². The Bertz CT molecular complexity index is 839. The molecule has 0 atom stereocenters. The van der Waals surface area contributed by atoms with E-state index in [0.717, 1.165) is 19.6 Å². The monoisotopic (exact) mass is 410 g/mol. The van der Waals surface area contributed by atoms with Crippen LogP contribution < -0.4 is 10.6 Å². The van der Waals surface area contributed by atoms with Gasteiger partial charge in [-0.15, -0.1) is 0 Å². The zero-order chi connectivity index (χ0) is 21.6. The summed E-state index contributed by atoms with van der Waals surface area (Å²) < 4.78 is 5.23. The molecule has 2 aromatic carbocycles. The van der Waals surface area contributed by atoms with E-state index in [1.807, 2.05) is 43.9 Å². The summed E-state index contributed by atoms with van der Waals surface area (Å²) in [5, 5.41) is 5.60. The van der Waals surface area contributed by atoms with Crippen LogP contribution in [-0.2, 0) is 11.3 Å². The molecule has 30 heavy (non-hydrogen) atoms. The molecule has 1 aliphatic rings. The van der Waals surface area contributed by atoms with Crippen molar-refractivity contribution < 1.29 is 14.3 Å². The van der Waals surface area contributed by atoms with E-state index in [2.05, 4.69) is 27.7 Å². The lowest BCUT2D eigenvalue weighted by Crippen LogP contribution is -2.49. The first-order valence-corrected chi connectivity index (χ1v) is 10.2. The zero-order valence-electron chi connectivity index (χ0n) is 17.9. The van der Waals surface area contributed by atoms with Gasteiger partial charge in [0.05, 0.1) is 0 Å². The van der Waals surface area contributed by atoms with Crippen LogP contribution in [0.25, 0.3) is 0 Å². The van der Waals surface area contributed by atoms with E-state index >= 15 is 0 Å². The van der Waals surface area contributed by atoms with E-state index in [-0.39, 0.29) is 6.03 Å². The van der Waals surface area contributed by atoms with Gasteiger partial charge in [0.2, 0.25) is 0 Å². The summed E-state index contributed by atoms with van der Waals surface area (Å²) in [7, 11) is 0. The quantitative estimate of drug-likeness (QED) is 0.784. The molecule has 3 rings (SSSR count). The average molecular weight is 411 g/mol. The fraction of sp³-hybridized carbons (Fsp3) is 0.391. The number of anilines is 2. The largest absolute Gasteiger partial charge is 0.444 e. The fourth-order valence-electron chi connectivity index (χ4n) is 3.21. The number of carbonyl (C=O) groups is 2. The highest BCUT2D eigenvalue weighted by Crippen LogP contribution is 2.16. The number of hydrogen-bond donors (Lipinski definition) is 2. The van der Waals surface area contributed by atoms with Gasteiger partial charge in [0, 0.05) is 44.1 Å². The Balaban J connectivity index is 1.44. The second-order valence-corrected chi connectivity index (χ2v) is 8.38. The van der Waals surface area contributed by atoms with Crippen molar-refractivity contribution in [1.29, 1.82) is 0 Å². The summed E-state index contributed by atoms with van der Waals surface area (Å²) in [5.74, 6) is 0. The van der Waals surface area contributed by atoms with Gasteiger partial charge in [0.1, 0.15) is 5.60 Å². The SMILES string of the molecule is CC(C)(C)OC(=O)Nc1ccc(NC(=O)N2CCN(Cc3ccccc3)CC2)cc1. The molecule has 3 amide bonds. The molecule has 0 aromatic heterocycles. The predicted octanol–water partition coefficient (Wildman–Crippen LogP) is 4.38. The first kappa shape index (κ1) is 21.6. The zero-order valence-corrected chi connectivity index (χ0v) is 17.9. The molecule has 2 aromatic rings. The number of ether oxygens (including phenoxy) is 1. The van der Waals surface area contributed by atoms with Crippen LogP contribution >= 0.6 is 0 Å². The number of carbonyl (C=O) groups excluding carboxylic acids is 2. The summed E-state index contributed by atoms with van der Waals surface area (Å²) in [5.41, 5.74) is 2.03. The summed E-state index contributed by atoms with van der Waals surface area (Å²) in [4.78, 5) is 28.6. The lowest BCUT2D eigenvalue weighted by molar-refractivity contribution is 0.0636. The van der Waals surface area contributed by atoms with Gasteiger partial charge in [-0.25, -0.2) is 9.59 Å². The maximum absolute atomic E-state index is 12.6. The topological polar surface area (TPSA) is 73.9 Å². The van der Waals surface area contributed by atoms with Gasteiger partial charge in [-0.1, -0.05) is 30.3 Å². The molecular formula is C23H30N4O3. The number of piperazine rings is 1. The van der Waals surface area contributed by atoms with Crippen LogP contribution in [0.3, 0.4) is 0 Å². The lowest BCUT2D eigenvalue weighted by atomic mass is 10.2. The van der Waals surface area contributed by atoms with Crippen LogP contribution in [0.5, 0.6) is 0 Å². The standard InChI is InChI=1S/C23H30N4O3/c1-23(2,3)30-22(29)25-20-11-9-19(10-12-20)24-21(28)27-15-13-26(14-16-27)17-18-7-5-4-6-8-18/h4-12H,13-17H2,1-3H3,(H,24,28)(H,25,29). The second kappa shape index (κ2) is 9.63. The van der Waals surface area contributed by atoms with Crippen molar-refractivity contribution in [2.75, 3.05) is 36.8 Å². The third kappa shape index (κ3) is 6.77. The van der Waals surface area contributed by atoms with Gasteiger partial charge in [-0.05, 0) is 50.6 Å². The van der Waals surface area contributed by atoms with Gasteiger partial charge < -0.3 is 15.0 Å². The summed E-state index contributed by atoms with van der Waals surface area (Å²) in [6.45, 7) is 9.42. The van der Waals surface area contributed by atoms with Crippen LogP contribution in [-0.4, -0.2) is 53.7 Å². The van der Waals surface area contributed by atoms with Gasteiger partial charge in [0.25, 0.3) is 0 Å². The maximum Gasteiger partial charge on any atom is 0.412 e. The van der Waals surface area contributed by atoms with Crippen molar-refractivity contribution in [3.63, 3.8) is 0 Å². The molecule has 0 radical (unpaired) electrons. The number of urea groups is 1. The van der Waals surface area contributed by atoms with Crippen molar-refractivity contribution in [2.45, 2.75) is 32.9 Å². The van der Waals surface area contributed by atoms with E-state index in [4.69, 9.17) is 4.74 Å². The minimum atomic E-state index is -0.552. The average Bonchev–Trinajstić information content (AvgIpc) is 2.69. The summed E-state index contributed by atoms with van der Waals surface area (Å²) in [6.07, 6.45) is -0.507. The Morgan fingerprint density at radius 1 is 0.867 bits per heavy atom. The van der Waals surface area contributed by atoms with Crippen LogP contribution in [0, 0.1) is 0 Å². The van der Waals surface area contributed by atoms with Crippen LogP contribution in [0.4, 0.5) is 21.0 Å². The third-order valence-corrected chi connectivity index (χ3v) is 4.69. The third-order valence-electron chi connectivity index (χ3n) is 4.69. The molecule has 0 aliphatic carbocycles. The molecular weight excluding hydrogens is 380 g/mol. The summed E-state index contributed by atoms with van der Waals surface area (Å²) >= 11 is 0. The smallest absolute Gasteiger partial charge is 0.412 e. The first-order valence-electron chi connectivity index (χ1n) is 10.2. The molecule has 7 nitrogen and oxygen atoms in total. The van der Waals surface area contributed by atoms with Crippen LogP contribution in [0.15, 0.2) is 54.6 Å². The minimum Gasteiger partial charge on any atom is -0.444 e. The normalized spacial score (nSPS) is 14.8. The molecule has 1 aliphatic heterocycles. The Kier molecular flexibility index (Phi) is 6.95. The molecule has 1 fully saturated rings. The molecule has 160 valence electrons. The lowest BCUT2D eigenvalue weighted by Gasteiger charge is -2.34. The molecule has 0 bridgehead atoms. The van der Waals surface area contributed by atoms with Crippen LogP contribution in [0.1, 0.15) is 26.3 Å². The minimum absolute atomic E-state index is 0.109. The number of hydrogen-bond acceptors (Lipinski definition) is 4. The second-order valence-electron chi connectivity index (χ2n) is 8.38. The summed E-state index contributed by atoms with van der Waals surface area (Å²) in [6, 6.07) is 17.2. The number of benzene rings is 2. The van der Waals surface area contributed by atoms with Crippen molar-refractivity contribution in [3.8, 4) is 0 Å². The van der Waals surface area contributed by atoms with E-state index in [9.17, 15) is 9.59 Å². The fourth-order valence-corrected chi connectivity index (χ4v) is 3.21. The molecule has 0 saturated carbocycles. The maximum atomic E-state index is 12.6. The molecule has 2 N–H and O–H groups in total. The molecule has 1 heterocycles. The number of nitrogens with one attached hydrogen (secondary N) is 2. The molecule has 1 saturated heterocycles. The predicted molar refractivity (Wildman–Crippen MR) is 119 cm³/mol. The molecule has 7 heteroatoms. The highest BCUT2D eigenvalue weighted by atomic mass is 16.6. The first-order chi connectivity index (χ1) is 14.3. The van der Waals surface area contributed by atoms with E-state index in [0.29, 0.717) is 24.5 Å². The van der Waals surface area contributed by atoms with E-state index in [1.54, 1.807) is 24.3 Å². The number of nitrogens with zero attached hydrogens (tertiary/aromatic N) is 2. The Morgan fingerprint density at radius 3 is 2.00 bits per heavy atom. The van der Waals surface area contributed by atoms with E-state index in [1.165, 1.54) is 5.56 Å². The Morgan fingerprint density at radius 2 is 1.43 bits per heavy atom. The molecule has 0 spiro atoms. The van der Waals surface area contributed by atoms with Crippen LogP contribution in [0.2, 0.25) is 0 Å². The van der Waals surface area contributed by atoms with Gasteiger partial charge >= 0.3 is 12.1 Å². The van der Waals surface area contributed by atoms with Gasteiger partial charge in [-0.3, -0.25) is 10.2 Å². The highest BCUT2D eigenvalue weighted by Gasteiger charge is 2.21. The Hall–Kier alpha value is -3.06. The van der Waals surface area contributed by atoms with Crippen molar-refractivity contribution in [2.24, 2.45) is 0 Å². The van der Waals surface area contributed by atoms with Crippen molar-refractivity contribution in [1.82, 2.24) is 9.80 Å². The molecule has 0 unspecified atom stereocenters. The van der Waals surface area contributed by atoms with E-state index < -0.39 is 11.7 Å². The highest BCUT2D eigenvalue weighted by molar-refractivity contribution is 5.90. The van der Waals surface area contributed by atoms with Gasteiger partial charge in [0.15, 0.2) is 0 Å². The van der Waals surface area contributed by atoms with Gasteiger partial charge in [-0.2, -0.15) is 0 Å². The number of amides is 3. The Labute approximate surface area is 178 Å². The number of rotatable bonds is 4. The van der Waals surface area contributed by atoms with Crippen molar-refractivity contribution >= 4 is 23.5 Å².